The molecule has 1 aromatic carbocycles. The lowest BCUT2D eigenvalue weighted by molar-refractivity contribution is -0.134. The molecule has 0 unspecified atom stereocenters. The van der Waals surface area contributed by atoms with E-state index in [0.29, 0.717) is 5.91 Å². The lowest BCUT2D eigenvalue weighted by atomic mass is 9.92. The molecule has 2 atom stereocenters. The molecule has 0 aromatic heterocycles. The molecule has 124 valence electrons. The molecule has 1 saturated carbocycles. The monoisotopic (exact) mass is 314 g/mol. The molecule has 2 aliphatic heterocycles. The van der Waals surface area contributed by atoms with Gasteiger partial charge in [-0.05, 0) is 56.7 Å². The molecular weight excluding hydrogens is 288 g/mol. The fourth-order valence-corrected chi connectivity index (χ4v) is 4.49. The number of hydrogen-bond acceptors (Lipinski definition) is 3. The summed E-state index contributed by atoms with van der Waals surface area (Å²) in [5.41, 5.74) is 0.767. The van der Waals surface area contributed by atoms with Gasteiger partial charge in [0.15, 0.2) is 0 Å². The van der Waals surface area contributed by atoms with Crippen molar-refractivity contribution in [1.29, 1.82) is 0 Å². The highest BCUT2D eigenvalue weighted by Gasteiger charge is 2.54. The first-order valence-corrected chi connectivity index (χ1v) is 8.88. The van der Waals surface area contributed by atoms with E-state index in [1.165, 1.54) is 0 Å². The average Bonchev–Trinajstić information content (AvgIpc) is 3.33. The van der Waals surface area contributed by atoms with Crippen molar-refractivity contribution in [3.05, 3.63) is 29.8 Å². The molecule has 0 radical (unpaired) electrons. The predicted octanol–water partition coefficient (Wildman–Crippen LogP) is 2.18. The Bertz CT molecular complexity index is 583. The average molecular weight is 314 g/mol. The Morgan fingerprint density at radius 1 is 1.17 bits per heavy atom. The summed E-state index contributed by atoms with van der Waals surface area (Å²) in [5.74, 6) is 2.70. The number of fused-ring (bicyclic) bond motifs is 1. The highest BCUT2D eigenvalue weighted by atomic mass is 16.5. The second-order valence-corrected chi connectivity index (χ2v) is 7.33. The lowest BCUT2D eigenvalue weighted by Gasteiger charge is -2.27. The third-order valence-corrected chi connectivity index (χ3v) is 6.09. The van der Waals surface area contributed by atoms with E-state index in [-0.39, 0.29) is 5.41 Å². The molecule has 1 aromatic rings. The Morgan fingerprint density at radius 3 is 2.43 bits per heavy atom. The number of amides is 1. The van der Waals surface area contributed by atoms with Crippen molar-refractivity contribution in [2.24, 2.45) is 11.8 Å². The summed E-state index contributed by atoms with van der Waals surface area (Å²) >= 11 is 0. The van der Waals surface area contributed by atoms with Gasteiger partial charge in [0.1, 0.15) is 5.75 Å². The zero-order valence-electron chi connectivity index (χ0n) is 13.9. The standard InChI is InChI=1S/C19H26N2O2/c1-23-17-5-3-2-4-16(17)19(8-9-19)18(22)21-10-6-14-12-20-13-15(14)7-11-21/h2-5,14-15,20H,6-13H2,1H3/t14-,15+. The van der Waals surface area contributed by atoms with Crippen LogP contribution in [0, 0.1) is 11.8 Å². The number of likely N-dealkylation sites (tertiary alicyclic amines) is 1. The van der Waals surface area contributed by atoms with E-state index >= 15 is 0 Å². The molecule has 4 nitrogen and oxygen atoms in total. The normalized spacial score (nSPS) is 28.8. The number of carbonyl (C=O) groups excluding carboxylic acids is 1. The lowest BCUT2D eigenvalue weighted by Crippen LogP contribution is -2.40. The molecule has 1 amide bonds. The molecule has 3 aliphatic rings. The third kappa shape index (κ3) is 2.53. The Labute approximate surface area is 138 Å². The molecule has 23 heavy (non-hydrogen) atoms. The third-order valence-electron chi connectivity index (χ3n) is 6.09. The van der Waals surface area contributed by atoms with E-state index in [2.05, 4.69) is 16.3 Å². The minimum Gasteiger partial charge on any atom is -0.496 e. The number of nitrogens with one attached hydrogen (secondary N) is 1. The Morgan fingerprint density at radius 2 is 1.83 bits per heavy atom. The number of rotatable bonds is 3. The van der Waals surface area contributed by atoms with Gasteiger partial charge >= 0.3 is 0 Å². The van der Waals surface area contributed by atoms with Crippen LogP contribution in [0.4, 0.5) is 0 Å². The van der Waals surface area contributed by atoms with Crippen molar-refractivity contribution >= 4 is 5.91 Å². The Balaban J connectivity index is 1.54. The van der Waals surface area contributed by atoms with Gasteiger partial charge in [-0.25, -0.2) is 0 Å². The van der Waals surface area contributed by atoms with Crippen LogP contribution in [0.2, 0.25) is 0 Å². The van der Waals surface area contributed by atoms with Gasteiger partial charge in [0.05, 0.1) is 12.5 Å². The van der Waals surface area contributed by atoms with Crippen molar-refractivity contribution in [1.82, 2.24) is 10.2 Å². The van der Waals surface area contributed by atoms with E-state index in [4.69, 9.17) is 4.74 Å². The number of benzene rings is 1. The predicted molar refractivity (Wildman–Crippen MR) is 89.6 cm³/mol. The van der Waals surface area contributed by atoms with Crippen LogP contribution in [0.3, 0.4) is 0 Å². The number of methoxy groups -OCH3 is 1. The SMILES string of the molecule is COc1ccccc1C1(C(=O)N2CC[C@@H]3CNC[C@@H]3CC2)CC1. The number of ether oxygens (including phenoxy) is 1. The van der Waals surface area contributed by atoms with E-state index in [1.54, 1.807) is 7.11 Å². The van der Waals surface area contributed by atoms with Gasteiger partial charge in [0.2, 0.25) is 5.91 Å². The summed E-state index contributed by atoms with van der Waals surface area (Å²) in [7, 11) is 1.69. The van der Waals surface area contributed by atoms with Crippen LogP contribution in [-0.4, -0.2) is 44.1 Å². The quantitative estimate of drug-likeness (QED) is 0.930. The second-order valence-electron chi connectivity index (χ2n) is 7.33. The highest BCUT2D eigenvalue weighted by Crippen LogP contribution is 2.52. The summed E-state index contributed by atoms with van der Waals surface area (Å²) < 4.78 is 5.52. The first-order chi connectivity index (χ1) is 11.2. The van der Waals surface area contributed by atoms with Gasteiger partial charge in [0.25, 0.3) is 0 Å². The van der Waals surface area contributed by atoms with Crippen LogP contribution >= 0.6 is 0 Å². The van der Waals surface area contributed by atoms with Crippen molar-refractivity contribution in [3.8, 4) is 5.75 Å². The minimum absolute atomic E-state index is 0.315. The van der Waals surface area contributed by atoms with Crippen LogP contribution in [0.1, 0.15) is 31.2 Å². The van der Waals surface area contributed by atoms with Crippen LogP contribution in [0.5, 0.6) is 5.75 Å². The van der Waals surface area contributed by atoms with Crippen molar-refractivity contribution in [3.63, 3.8) is 0 Å². The van der Waals surface area contributed by atoms with Crippen molar-refractivity contribution < 1.29 is 9.53 Å². The second kappa shape index (κ2) is 5.82. The topological polar surface area (TPSA) is 41.6 Å². The molecule has 0 spiro atoms. The number of carbonyl (C=O) groups is 1. The molecule has 4 heteroatoms. The molecule has 0 bridgehead atoms. The van der Waals surface area contributed by atoms with E-state index in [9.17, 15) is 4.79 Å². The van der Waals surface area contributed by atoms with Crippen molar-refractivity contribution in [2.75, 3.05) is 33.3 Å². The number of para-hydroxylation sites is 1. The largest absolute Gasteiger partial charge is 0.496 e. The van der Waals surface area contributed by atoms with E-state index in [0.717, 1.165) is 75.0 Å². The molecule has 3 fully saturated rings. The summed E-state index contributed by atoms with van der Waals surface area (Å²) in [5, 5.41) is 3.50. The Kier molecular flexibility index (Phi) is 3.80. The van der Waals surface area contributed by atoms with Crippen LogP contribution < -0.4 is 10.1 Å². The first-order valence-electron chi connectivity index (χ1n) is 8.88. The van der Waals surface area contributed by atoms with Crippen LogP contribution in [0.25, 0.3) is 0 Å². The zero-order chi connectivity index (χ0) is 15.9. The molecule has 2 heterocycles. The molecule has 1 aliphatic carbocycles. The maximum Gasteiger partial charge on any atom is 0.233 e. The van der Waals surface area contributed by atoms with E-state index < -0.39 is 0 Å². The molecule has 2 saturated heterocycles. The summed E-state index contributed by atoms with van der Waals surface area (Å²) in [4.78, 5) is 15.4. The van der Waals surface area contributed by atoms with Gasteiger partial charge in [-0.1, -0.05) is 18.2 Å². The fraction of sp³-hybridized carbons (Fsp3) is 0.632. The van der Waals surface area contributed by atoms with Gasteiger partial charge < -0.3 is 15.0 Å². The van der Waals surface area contributed by atoms with Gasteiger partial charge in [-0.15, -0.1) is 0 Å². The Hall–Kier alpha value is -1.55. The van der Waals surface area contributed by atoms with Crippen LogP contribution in [0.15, 0.2) is 24.3 Å². The summed E-state index contributed by atoms with van der Waals surface area (Å²) in [6.45, 7) is 4.09. The summed E-state index contributed by atoms with van der Waals surface area (Å²) in [6.07, 6.45) is 4.20. The van der Waals surface area contributed by atoms with E-state index in [1.807, 2.05) is 18.2 Å². The van der Waals surface area contributed by atoms with Gasteiger partial charge in [0, 0.05) is 18.7 Å². The molecular formula is C19H26N2O2. The van der Waals surface area contributed by atoms with Crippen molar-refractivity contribution in [2.45, 2.75) is 31.1 Å². The number of hydrogen-bond donors (Lipinski definition) is 1. The van der Waals surface area contributed by atoms with Crippen LogP contribution in [-0.2, 0) is 10.2 Å². The smallest absolute Gasteiger partial charge is 0.233 e. The minimum atomic E-state index is -0.315. The van der Waals surface area contributed by atoms with Gasteiger partial charge in [-0.3, -0.25) is 4.79 Å². The number of nitrogens with zero attached hydrogens (tertiary/aromatic N) is 1. The zero-order valence-corrected chi connectivity index (χ0v) is 13.9. The maximum atomic E-state index is 13.3. The molecule has 4 rings (SSSR count). The first kappa shape index (κ1) is 15.0. The fourth-order valence-electron chi connectivity index (χ4n) is 4.49. The summed E-state index contributed by atoms with van der Waals surface area (Å²) in [6, 6.07) is 8.04. The maximum absolute atomic E-state index is 13.3. The highest BCUT2D eigenvalue weighted by molar-refractivity contribution is 5.92. The molecule has 1 N–H and O–H groups in total. The van der Waals surface area contributed by atoms with Gasteiger partial charge in [-0.2, -0.15) is 0 Å².